The minimum Gasteiger partial charge on any atom is -0.350 e. The maximum absolute atomic E-state index is 10.5. The summed E-state index contributed by atoms with van der Waals surface area (Å²) >= 11 is 0. The van der Waals surface area contributed by atoms with Crippen LogP contribution in [0.4, 0.5) is 22.7 Å². The van der Waals surface area contributed by atoms with Crippen molar-refractivity contribution in [3.8, 4) is 0 Å². The summed E-state index contributed by atoms with van der Waals surface area (Å²) in [6, 6.07) is 43.5. The Morgan fingerprint density at radius 2 is 0.902 bits per heavy atom. The van der Waals surface area contributed by atoms with E-state index in [0.717, 1.165) is 0 Å². The minimum atomic E-state index is -0.877. The third-order valence-corrected chi connectivity index (χ3v) is 8.36. The predicted molar refractivity (Wildman–Crippen MR) is 160 cm³/mol. The molecule has 0 spiro atoms. The van der Waals surface area contributed by atoms with Crippen molar-refractivity contribution in [3.63, 3.8) is 0 Å². The monoisotopic (exact) mass is 746 g/mol. The van der Waals surface area contributed by atoms with Gasteiger partial charge in [-0.3, -0.25) is 25.5 Å². The van der Waals surface area contributed by atoms with Crippen LogP contribution in [-0.2, 0) is 22.4 Å². The number of nitrogens with zero attached hydrogens (tertiary/aromatic N) is 5. The second kappa shape index (κ2) is 15.9. The molecule has 0 saturated carbocycles. The van der Waals surface area contributed by atoms with E-state index in [-0.39, 0.29) is 33.8 Å². The van der Waals surface area contributed by atoms with E-state index in [1.54, 1.807) is 0 Å². The molecule has 11 heteroatoms. The van der Waals surface area contributed by atoms with Gasteiger partial charge in [0.25, 0.3) is 11.4 Å². The molecule has 0 aliphatic heterocycles. The van der Waals surface area contributed by atoms with E-state index in [1.165, 1.54) is 64.4 Å². The maximum Gasteiger partial charge on any atom is 1.00 e. The Balaban J connectivity index is 0.000000221. The molecule has 0 bridgehead atoms. The summed E-state index contributed by atoms with van der Waals surface area (Å²) in [6.07, 6.45) is 0. The molecule has 0 saturated heterocycles. The molecule has 0 radical (unpaired) electrons. The van der Waals surface area contributed by atoms with E-state index in [2.05, 4.69) is 107 Å². The first-order chi connectivity index (χ1) is 19.5. The van der Waals surface area contributed by atoms with E-state index in [0.29, 0.717) is 11.4 Å². The fourth-order valence-corrected chi connectivity index (χ4v) is 6.30. The molecule has 5 aromatic carbocycles. The number of rotatable bonds is 8. The summed E-state index contributed by atoms with van der Waals surface area (Å²) in [5.41, 5.74) is 4.50. The van der Waals surface area contributed by atoms with Crippen LogP contribution in [0, 0.1) is 20.2 Å². The number of nitro benzene ring substituents is 2. The average Bonchev–Trinajstić information content (AvgIpc) is 3.00. The Morgan fingerprint density at radius 1 is 0.537 bits per heavy atom. The van der Waals surface area contributed by atoms with Gasteiger partial charge in [0.05, 0.1) is 17.8 Å². The summed E-state index contributed by atoms with van der Waals surface area (Å²) in [5, 5.41) is 32.6. The first kappa shape index (κ1) is 31.0. The molecule has 0 heterocycles. The zero-order valence-electron chi connectivity index (χ0n) is 21.4. The van der Waals surface area contributed by atoms with Crippen molar-refractivity contribution in [2.45, 2.75) is 0 Å². The Hall–Kier alpha value is -4.53. The fraction of sp³-hybridized carbons (Fsp3) is 0. The summed E-state index contributed by atoms with van der Waals surface area (Å²) in [4.78, 5) is 19.9. The van der Waals surface area contributed by atoms with Crippen LogP contribution in [0.5, 0.6) is 0 Å². The molecule has 0 amide bonds. The van der Waals surface area contributed by atoms with Crippen molar-refractivity contribution in [1.82, 2.24) is 0 Å². The standard InChI is InChI=1S/C18H15P.C12H8N5O4.Au/c1-4-10-16(11-5-1)19(17-12-6-2-7-13-17)18-14-8-3-9-15-18;18-16(19)11-5-1-9(2-6-11)13-15-14-10-3-7-12(8-4-10)17(20)21;/h1-15H;1-8H;/q;-1;+1/p+1. The number of nitro groups is 2. The van der Waals surface area contributed by atoms with Gasteiger partial charge >= 0.3 is 22.4 Å². The van der Waals surface area contributed by atoms with Crippen molar-refractivity contribution in [1.29, 1.82) is 0 Å². The number of hydrogen-bond donors (Lipinski definition) is 0. The van der Waals surface area contributed by atoms with Crippen molar-refractivity contribution in [3.05, 3.63) is 165 Å². The Bertz CT molecular complexity index is 1460. The van der Waals surface area contributed by atoms with Crippen molar-refractivity contribution >= 4 is 46.6 Å². The normalized spacial score (nSPS) is 10.3. The quantitative estimate of drug-likeness (QED) is 0.0540. The van der Waals surface area contributed by atoms with Crippen LogP contribution in [0.15, 0.2) is 150 Å². The van der Waals surface area contributed by atoms with Crippen LogP contribution >= 0.6 is 7.92 Å². The van der Waals surface area contributed by atoms with Crippen LogP contribution in [0.2, 0.25) is 0 Å². The van der Waals surface area contributed by atoms with Crippen LogP contribution in [0.1, 0.15) is 0 Å². The molecule has 0 atom stereocenters. The third kappa shape index (κ3) is 9.27. The third-order valence-electron chi connectivity index (χ3n) is 5.63. The van der Waals surface area contributed by atoms with Gasteiger partial charge in [-0.2, -0.15) is 0 Å². The van der Waals surface area contributed by atoms with Gasteiger partial charge in [-0.25, -0.2) is 0 Å². The SMILES string of the molecule is O=[N+]([O-])c1ccc(N=N[N-]c2ccc([N+](=O)[O-])cc2)cc1.[Au+].c1ccc([PH+](c2ccccc2)c2ccccc2)cc1. The van der Waals surface area contributed by atoms with Gasteiger partial charge in [-0.1, -0.05) is 78.9 Å². The van der Waals surface area contributed by atoms with Crippen molar-refractivity contribution < 1.29 is 32.2 Å². The van der Waals surface area contributed by atoms with Gasteiger partial charge in [0.15, 0.2) is 0 Å². The second-order valence-corrected chi connectivity index (χ2v) is 10.8. The molecule has 0 N–H and O–H groups in total. The predicted octanol–water partition coefficient (Wildman–Crippen LogP) is 7.38. The Labute approximate surface area is 253 Å². The van der Waals surface area contributed by atoms with E-state index < -0.39 is 17.8 Å². The summed E-state index contributed by atoms with van der Waals surface area (Å²) in [6.45, 7) is 0. The first-order valence-corrected chi connectivity index (χ1v) is 13.6. The topological polar surface area (TPSA) is 125 Å². The van der Waals surface area contributed by atoms with Crippen LogP contribution in [0.3, 0.4) is 0 Å². The number of hydrogen-bond acceptors (Lipinski definition) is 6. The maximum atomic E-state index is 10.5. The molecule has 0 aromatic heterocycles. The van der Waals surface area contributed by atoms with Crippen LogP contribution in [0.25, 0.3) is 5.43 Å². The van der Waals surface area contributed by atoms with E-state index in [9.17, 15) is 20.2 Å². The zero-order valence-corrected chi connectivity index (χ0v) is 24.6. The summed E-state index contributed by atoms with van der Waals surface area (Å²) in [5.74, 6) is 0. The molecule has 0 aliphatic rings. The van der Waals surface area contributed by atoms with Crippen LogP contribution < -0.4 is 15.9 Å². The fourth-order valence-electron chi connectivity index (χ4n) is 3.72. The van der Waals surface area contributed by atoms with Gasteiger partial charge in [0, 0.05) is 24.3 Å². The van der Waals surface area contributed by atoms with Gasteiger partial charge < -0.3 is 10.5 Å². The van der Waals surface area contributed by atoms with E-state index in [1.807, 2.05) is 0 Å². The molecule has 5 rings (SSSR count). The molecule has 41 heavy (non-hydrogen) atoms. The molecule has 208 valence electrons. The van der Waals surface area contributed by atoms with Crippen molar-refractivity contribution in [2.24, 2.45) is 10.3 Å². The first-order valence-electron chi connectivity index (χ1n) is 12.1. The summed E-state index contributed by atoms with van der Waals surface area (Å²) < 4.78 is 0. The van der Waals surface area contributed by atoms with Crippen LogP contribution in [-0.4, -0.2) is 9.85 Å². The van der Waals surface area contributed by atoms with E-state index in [4.69, 9.17) is 0 Å². The van der Waals surface area contributed by atoms with Gasteiger partial charge in [0.1, 0.15) is 15.9 Å². The van der Waals surface area contributed by atoms with Gasteiger partial charge in [0.2, 0.25) is 0 Å². The molecule has 0 unspecified atom stereocenters. The molecule has 0 fully saturated rings. The average molecular weight is 746 g/mol. The molecule has 9 nitrogen and oxygen atoms in total. The van der Waals surface area contributed by atoms with Gasteiger partial charge in [-0.05, 0) is 47.8 Å². The molecule has 5 aromatic rings. The van der Waals surface area contributed by atoms with Crippen molar-refractivity contribution in [2.75, 3.05) is 0 Å². The minimum absolute atomic E-state index is 0. The summed E-state index contributed by atoms with van der Waals surface area (Å²) in [7, 11) is -0.877. The number of non-ortho nitro benzene ring substituents is 2. The molecule has 0 aliphatic carbocycles. The molecular weight excluding hydrogens is 722 g/mol. The zero-order chi connectivity index (χ0) is 28.2. The Morgan fingerprint density at radius 3 is 1.27 bits per heavy atom. The second-order valence-electron chi connectivity index (χ2n) is 8.31. The Kier molecular flexibility index (Phi) is 12.0. The van der Waals surface area contributed by atoms with Gasteiger partial charge in [-0.15, -0.1) is 0 Å². The molecular formula is C30H24AuN5O4P+. The smallest absolute Gasteiger partial charge is 0.350 e. The van der Waals surface area contributed by atoms with E-state index >= 15 is 0 Å². The number of benzene rings is 5. The largest absolute Gasteiger partial charge is 1.00 e.